The first kappa shape index (κ1) is 15.7. The average Bonchev–Trinajstić information content (AvgIpc) is 2.53. The quantitative estimate of drug-likeness (QED) is 0.567. The van der Waals surface area contributed by atoms with Crippen LogP contribution in [0.5, 0.6) is 6.01 Å². The van der Waals surface area contributed by atoms with Gasteiger partial charge in [0.2, 0.25) is 11.9 Å². The van der Waals surface area contributed by atoms with Crippen LogP contribution in [0.1, 0.15) is 33.1 Å². The van der Waals surface area contributed by atoms with Crippen LogP contribution < -0.4 is 20.9 Å². The van der Waals surface area contributed by atoms with E-state index in [-0.39, 0.29) is 0 Å². The number of hydrazine groups is 1. The molecule has 2 heterocycles. The summed E-state index contributed by atoms with van der Waals surface area (Å²) in [4.78, 5) is 14.9. The van der Waals surface area contributed by atoms with Crippen LogP contribution in [0.3, 0.4) is 0 Å². The van der Waals surface area contributed by atoms with Gasteiger partial charge in [-0.05, 0) is 26.2 Å². The zero-order valence-electron chi connectivity index (χ0n) is 12.7. The molecule has 3 N–H and O–H groups in total. The second-order valence-electron chi connectivity index (χ2n) is 4.88. The van der Waals surface area contributed by atoms with Crippen LogP contribution in [0.15, 0.2) is 0 Å². The Labute approximate surface area is 125 Å². The van der Waals surface area contributed by atoms with E-state index in [9.17, 15) is 0 Å². The van der Waals surface area contributed by atoms with Crippen LogP contribution in [0.2, 0.25) is 0 Å². The molecule has 118 valence electrons. The molecule has 0 spiro atoms. The summed E-state index contributed by atoms with van der Waals surface area (Å²) in [6.45, 7) is 7.09. The van der Waals surface area contributed by atoms with Gasteiger partial charge in [0.15, 0.2) is 0 Å². The summed E-state index contributed by atoms with van der Waals surface area (Å²) in [5.41, 5.74) is 2.46. The topological polar surface area (TPSA) is 98.4 Å². The first-order chi connectivity index (χ1) is 10.3. The van der Waals surface area contributed by atoms with Gasteiger partial charge in [0.1, 0.15) is 0 Å². The second kappa shape index (κ2) is 7.94. The van der Waals surface area contributed by atoms with Crippen LogP contribution in [0.25, 0.3) is 0 Å². The normalized spacial score (nSPS) is 16.0. The molecule has 1 aliphatic heterocycles. The van der Waals surface area contributed by atoms with Crippen LogP contribution in [-0.2, 0) is 4.74 Å². The highest BCUT2D eigenvalue weighted by molar-refractivity contribution is 5.38. The molecule has 0 saturated carbocycles. The lowest BCUT2D eigenvalue weighted by Gasteiger charge is -2.31. The van der Waals surface area contributed by atoms with Gasteiger partial charge in [-0.1, -0.05) is 6.92 Å². The number of anilines is 2. The molecule has 0 aromatic carbocycles. The van der Waals surface area contributed by atoms with Gasteiger partial charge in [0.25, 0.3) is 0 Å². The van der Waals surface area contributed by atoms with E-state index in [1.165, 1.54) is 0 Å². The summed E-state index contributed by atoms with van der Waals surface area (Å²) >= 11 is 0. The molecule has 8 heteroatoms. The number of hydrogen-bond acceptors (Lipinski definition) is 8. The highest BCUT2D eigenvalue weighted by atomic mass is 16.5. The number of aromatic nitrogens is 3. The van der Waals surface area contributed by atoms with E-state index in [0.717, 1.165) is 39.0 Å². The average molecular weight is 296 g/mol. The number of rotatable bonds is 7. The van der Waals surface area contributed by atoms with E-state index >= 15 is 0 Å². The van der Waals surface area contributed by atoms with Crippen molar-refractivity contribution in [1.29, 1.82) is 0 Å². The molecule has 21 heavy (non-hydrogen) atoms. The van der Waals surface area contributed by atoms with Crippen molar-refractivity contribution in [3.8, 4) is 6.01 Å². The third-order valence-electron chi connectivity index (χ3n) is 3.29. The van der Waals surface area contributed by atoms with Gasteiger partial charge in [-0.25, -0.2) is 5.84 Å². The van der Waals surface area contributed by atoms with E-state index in [1.54, 1.807) is 0 Å². The molecule has 0 aliphatic carbocycles. The number of nitrogens with two attached hydrogens (primary N) is 1. The minimum Gasteiger partial charge on any atom is -0.463 e. The smallest absolute Gasteiger partial charge is 0.323 e. The van der Waals surface area contributed by atoms with E-state index in [1.807, 2.05) is 13.8 Å². The van der Waals surface area contributed by atoms with E-state index in [2.05, 4.69) is 25.3 Å². The summed E-state index contributed by atoms with van der Waals surface area (Å²) in [7, 11) is 0. The highest BCUT2D eigenvalue weighted by Crippen LogP contribution is 2.20. The minimum atomic E-state index is 0.307. The zero-order valence-corrected chi connectivity index (χ0v) is 12.7. The lowest BCUT2D eigenvalue weighted by Crippen LogP contribution is -2.38. The molecule has 0 unspecified atom stereocenters. The summed E-state index contributed by atoms with van der Waals surface area (Å²) in [6.07, 6.45) is 3.16. The Balaban J connectivity index is 2.04. The molecule has 1 aliphatic rings. The third kappa shape index (κ3) is 4.40. The molecule has 1 saturated heterocycles. The van der Waals surface area contributed by atoms with Gasteiger partial charge in [0.05, 0.1) is 12.7 Å². The number of nitrogens with zero attached hydrogens (tertiary/aromatic N) is 4. The van der Waals surface area contributed by atoms with Gasteiger partial charge < -0.3 is 14.4 Å². The maximum Gasteiger partial charge on any atom is 0.323 e. The van der Waals surface area contributed by atoms with E-state index < -0.39 is 0 Å². The van der Waals surface area contributed by atoms with Gasteiger partial charge in [-0.15, -0.1) is 0 Å². The van der Waals surface area contributed by atoms with Crippen molar-refractivity contribution in [1.82, 2.24) is 15.0 Å². The molecule has 1 aromatic heterocycles. The lowest BCUT2D eigenvalue weighted by atomic mass is 10.1. The maximum atomic E-state index is 5.65. The molecule has 2 rings (SSSR count). The summed E-state index contributed by atoms with van der Waals surface area (Å²) in [6, 6.07) is 0.307. The highest BCUT2D eigenvalue weighted by Gasteiger charge is 2.22. The van der Waals surface area contributed by atoms with Crippen LogP contribution in [0.4, 0.5) is 11.9 Å². The Morgan fingerprint density at radius 1 is 1.24 bits per heavy atom. The van der Waals surface area contributed by atoms with E-state index in [0.29, 0.717) is 30.6 Å². The third-order valence-corrected chi connectivity index (χ3v) is 3.29. The van der Waals surface area contributed by atoms with Gasteiger partial charge in [0, 0.05) is 19.7 Å². The van der Waals surface area contributed by atoms with Crippen LogP contribution in [-0.4, -0.2) is 47.4 Å². The monoisotopic (exact) mass is 296 g/mol. The Kier molecular flexibility index (Phi) is 5.94. The van der Waals surface area contributed by atoms with Crippen molar-refractivity contribution < 1.29 is 9.47 Å². The SMILES string of the molecule is CCCOc1nc(NN)nc(N2CCC(OCC)CC2)n1. The fourth-order valence-electron chi connectivity index (χ4n) is 2.27. The molecule has 0 radical (unpaired) electrons. The fourth-order valence-corrected chi connectivity index (χ4v) is 2.27. The van der Waals surface area contributed by atoms with Crippen LogP contribution in [0, 0.1) is 0 Å². The summed E-state index contributed by atoms with van der Waals surface area (Å²) in [5.74, 6) is 6.32. The molecule has 8 nitrogen and oxygen atoms in total. The molecular formula is C13H24N6O2. The van der Waals surface area contributed by atoms with Crippen molar-refractivity contribution >= 4 is 11.9 Å². The molecule has 1 fully saturated rings. The Morgan fingerprint density at radius 3 is 2.62 bits per heavy atom. The predicted octanol–water partition coefficient (Wildman–Crippen LogP) is 0.951. The molecule has 0 amide bonds. The first-order valence-corrected chi connectivity index (χ1v) is 7.48. The molecule has 0 atom stereocenters. The van der Waals surface area contributed by atoms with Crippen LogP contribution >= 0.6 is 0 Å². The number of nitrogen functional groups attached to an aromatic ring is 1. The Bertz CT molecular complexity index is 437. The number of ether oxygens (including phenoxy) is 2. The zero-order chi connectivity index (χ0) is 15.1. The predicted molar refractivity (Wildman–Crippen MR) is 80.3 cm³/mol. The summed E-state index contributed by atoms with van der Waals surface area (Å²) < 4.78 is 11.1. The van der Waals surface area contributed by atoms with Crippen molar-refractivity contribution in [3.63, 3.8) is 0 Å². The minimum absolute atomic E-state index is 0.307. The van der Waals surface area contributed by atoms with Gasteiger partial charge in [-0.3, -0.25) is 5.43 Å². The van der Waals surface area contributed by atoms with Crippen molar-refractivity contribution in [3.05, 3.63) is 0 Å². The molecule has 1 aromatic rings. The van der Waals surface area contributed by atoms with Gasteiger partial charge >= 0.3 is 6.01 Å². The standard InChI is InChI=1S/C13H24N6O2/c1-3-9-21-13-16-11(18-14)15-12(17-13)19-7-5-10(6-8-19)20-4-2/h10H,3-9,14H2,1-2H3,(H,15,16,17,18). The first-order valence-electron chi connectivity index (χ1n) is 7.48. The van der Waals surface area contributed by atoms with Crippen molar-refractivity contribution in [2.24, 2.45) is 5.84 Å². The Morgan fingerprint density at radius 2 is 2.00 bits per heavy atom. The fraction of sp³-hybridized carbons (Fsp3) is 0.769. The lowest BCUT2D eigenvalue weighted by molar-refractivity contribution is 0.0457. The molecular weight excluding hydrogens is 272 g/mol. The summed E-state index contributed by atoms with van der Waals surface area (Å²) in [5, 5.41) is 0. The maximum absolute atomic E-state index is 5.65. The number of piperidine rings is 1. The van der Waals surface area contributed by atoms with E-state index in [4.69, 9.17) is 15.3 Å². The van der Waals surface area contributed by atoms with Gasteiger partial charge in [-0.2, -0.15) is 15.0 Å². The number of hydrogen-bond donors (Lipinski definition) is 2. The second-order valence-corrected chi connectivity index (χ2v) is 4.88. The van der Waals surface area contributed by atoms with Crippen molar-refractivity contribution in [2.45, 2.75) is 39.2 Å². The number of nitrogens with one attached hydrogen (secondary N) is 1. The molecule has 0 bridgehead atoms. The van der Waals surface area contributed by atoms with Crippen molar-refractivity contribution in [2.75, 3.05) is 36.6 Å². The Hall–Kier alpha value is -1.67. The largest absolute Gasteiger partial charge is 0.463 e.